The molecule has 1 fully saturated rings. The summed E-state index contributed by atoms with van der Waals surface area (Å²) in [5, 5.41) is 10.1. The summed E-state index contributed by atoms with van der Waals surface area (Å²) in [6, 6.07) is 0.694. The van der Waals surface area contributed by atoms with Gasteiger partial charge in [0.25, 0.3) is 0 Å². The molecule has 3 heteroatoms. The fourth-order valence-corrected chi connectivity index (χ4v) is 1.02. The van der Waals surface area contributed by atoms with Crippen molar-refractivity contribution in [3.8, 4) is 0 Å². The molecule has 1 rings (SSSR count). The second-order valence-corrected chi connectivity index (χ2v) is 2.46. The van der Waals surface area contributed by atoms with Gasteiger partial charge in [-0.1, -0.05) is 0 Å². The number of hydrogen-bond donors (Lipinski definition) is 2. The first-order valence-electron chi connectivity index (χ1n) is 2.94. The molecule has 1 aliphatic rings. The molecule has 1 saturated heterocycles. The van der Waals surface area contributed by atoms with Crippen LogP contribution in [0.4, 0.5) is 0 Å². The Balaban J connectivity index is 2.39. The summed E-state index contributed by atoms with van der Waals surface area (Å²) in [6.45, 7) is 4.03. The van der Waals surface area contributed by atoms with Crippen LogP contribution in [0, 0.1) is 0 Å². The van der Waals surface area contributed by atoms with Gasteiger partial charge in [-0.15, -0.1) is 5.17 Å². The van der Waals surface area contributed by atoms with Gasteiger partial charge in [0.1, 0.15) is 0 Å². The Labute approximate surface area is 49.2 Å². The SMILES string of the molecule is CC1CC(C)N(O)N1. The Morgan fingerprint density at radius 1 is 1.62 bits per heavy atom. The molecule has 0 radical (unpaired) electrons. The Morgan fingerprint density at radius 2 is 2.25 bits per heavy atom. The first-order valence-corrected chi connectivity index (χ1v) is 2.94. The van der Waals surface area contributed by atoms with Crippen LogP contribution in [-0.2, 0) is 0 Å². The molecule has 2 N–H and O–H groups in total. The fourth-order valence-electron chi connectivity index (χ4n) is 1.02. The zero-order chi connectivity index (χ0) is 6.15. The molecular formula is C5H12N2O. The molecule has 0 aromatic heterocycles. The van der Waals surface area contributed by atoms with E-state index in [9.17, 15) is 0 Å². The summed E-state index contributed by atoms with van der Waals surface area (Å²) < 4.78 is 0. The number of nitrogens with one attached hydrogen (secondary N) is 1. The van der Waals surface area contributed by atoms with Gasteiger partial charge in [0.15, 0.2) is 0 Å². The lowest BCUT2D eigenvalue weighted by molar-refractivity contribution is -0.141. The van der Waals surface area contributed by atoms with Crippen LogP contribution in [0.25, 0.3) is 0 Å². The van der Waals surface area contributed by atoms with Crippen LogP contribution in [-0.4, -0.2) is 22.5 Å². The summed E-state index contributed by atoms with van der Waals surface area (Å²) in [6.07, 6.45) is 1.02. The monoisotopic (exact) mass is 116 g/mol. The van der Waals surface area contributed by atoms with E-state index in [1.54, 1.807) is 0 Å². The van der Waals surface area contributed by atoms with Gasteiger partial charge >= 0.3 is 0 Å². The van der Waals surface area contributed by atoms with E-state index in [1.807, 2.05) is 13.8 Å². The van der Waals surface area contributed by atoms with Gasteiger partial charge in [0.2, 0.25) is 0 Å². The molecule has 0 aromatic rings. The van der Waals surface area contributed by atoms with Crippen molar-refractivity contribution in [1.29, 1.82) is 0 Å². The highest BCUT2D eigenvalue weighted by molar-refractivity contribution is 4.72. The van der Waals surface area contributed by atoms with Gasteiger partial charge in [-0.25, -0.2) is 5.43 Å². The Kier molecular flexibility index (Phi) is 1.51. The van der Waals surface area contributed by atoms with Crippen molar-refractivity contribution in [2.24, 2.45) is 0 Å². The molecule has 0 aliphatic carbocycles. The highest BCUT2D eigenvalue weighted by atomic mass is 16.5. The fraction of sp³-hybridized carbons (Fsp3) is 1.00. The van der Waals surface area contributed by atoms with Gasteiger partial charge < -0.3 is 0 Å². The zero-order valence-electron chi connectivity index (χ0n) is 5.26. The molecule has 2 unspecified atom stereocenters. The van der Waals surface area contributed by atoms with E-state index in [-0.39, 0.29) is 6.04 Å². The molecule has 2 atom stereocenters. The average molecular weight is 116 g/mol. The first-order chi connectivity index (χ1) is 3.70. The zero-order valence-corrected chi connectivity index (χ0v) is 5.26. The minimum absolute atomic E-state index is 0.269. The summed E-state index contributed by atoms with van der Waals surface area (Å²) in [4.78, 5) is 0. The summed E-state index contributed by atoms with van der Waals surface area (Å²) in [7, 11) is 0. The van der Waals surface area contributed by atoms with E-state index in [1.165, 1.54) is 5.17 Å². The van der Waals surface area contributed by atoms with Gasteiger partial charge in [0.05, 0.1) is 0 Å². The smallest absolute Gasteiger partial charge is 0.0497 e. The summed E-state index contributed by atoms with van der Waals surface area (Å²) >= 11 is 0. The summed E-state index contributed by atoms with van der Waals surface area (Å²) in [5.74, 6) is 0. The molecule has 0 aromatic carbocycles. The molecule has 1 heterocycles. The molecule has 8 heavy (non-hydrogen) atoms. The number of hydrogen-bond acceptors (Lipinski definition) is 3. The number of nitrogens with zero attached hydrogens (tertiary/aromatic N) is 1. The van der Waals surface area contributed by atoms with Crippen molar-refractivity contribution in [1.82, 2.24) is 10.6 Å². The van der Waals surface area contributed by atoms with Crippen LogP contribution >= 0.6 is 0 Å². The van der Waals surface area contributed by atoms with Crippen molar-refractivity contribution >= 4 is 0 Å². The van der Waals surface area contributed by atoms with Gasteiger partial charge in [-0.3, -0.25) is 5.21 Å². The van der Waals surface area contributed by atoms with E-state index in [2.05, 4.69) is 5.43 Å². The maximum Gasteiger partial charge on any atom is 0.0497 e. The van der Waals surface area contributed by atoms with Crippen LogP contribution in [0.5, 0.6) is 0 Å². The van der Waals surface area contributed by atoms with Crippen molar-refractivity contribution < 1.29 is 5.21 Å². The third-order valence-electron chi connectivity index (χ3n) is 1.46. The van der Waals surface area contributed by atoms with Crippen LogP contribution < -0.4 is 5.43 Å². The molecule has 48 valence electrons. The van der Waals surface area contributed by atoms with E-state index >= 15 is 0 Å². The highest BCUT2D eigenvalue weighted by Crippen LogP contribution is 2.09. The van der Waals surface area contributed by atoms with Crippen LogP contribution in [0.1, 0.15) is 20.3 Å². The normalized spacial score (nSPS) is 40.9. The van der Waals surface area contributed by atoms with Crippen molar-refractivity contribution in [3.63, 3.8) is 0 Å². The summed E-state index contributed by atoms with van der Waals surface area (Å²) in [5.41, 5.74) is 2.86. The van der Waals surface area contributed by atoms with E-state index < -0.39 is 0 Å². The molecule has 3 nitrogen and oxygen atoms in total. The minimum Gasteiger partial charge on any atom is -0.299 e. The lowest BCUT2D eigenvalue weighted by atomic mass is 10.2. The topological polar surface area (TPSA) is 35.5 Å². The number of rotatable bonds is 0. The van der Waals surface area contributed by atoms with Crippen LogP contribution in [0.2, 0.25) is 0 Å². The van der Waals surface area contributed by atoms with Gasteiger partial charge in [0, 0.05) is 12.1 Å². The van der Waals surface area contributed by atoms with Crippen molar-refractivity contribution in [2.75, 3.05) is 0 Å². The molecule has 0 bridgehead atoms. The van der Waals surface area contributed by atoms with E-state index in [0.29, 0.717) is 6.04 Å². The quantitative estimate of drug-likeness (QED) is 0.479. The van der Waals surface area contributed by atoms with Gasteiger partial charge in [-0.05, 0) is 20.3 Å². The minimum atomic E-state index is 0.269. The Bertz CT molecular complexity index is 76.5. The number of hydrazine groups is 1. The standard InChI is InChI=1S/C5H12N2O/c1-4-3-5(2)7(8)6-4/h4-6,8H,3H2,1-2H3. The Hall–Kier alpha value is -0.120. The third kappa shape index (κ3) is 0.992. The maximum absolute atomic E-state index is 8.89. The Morgan fingerprint density at radius 3 is 2.38 bits per heavy atom. The van der Waals surface area contributed by atoms with Crippen molar-refractivity contribution in [3.05, 3.63) is 0 Å². The average Bonchev–Trinajstić information content (AvgIpc) is 1.85. The van der Waals surface area contributed by atoms with E-state index in [4.69, 9.17) is 5.21 Å². The third-order valence-corrected chi connectivity index (χ3v) is 1.46. The van der Waals surface area contributed by atoms with Crippen LogP contribution in [0.15, 0.2) is 0 Å². The lowest BCUT2D eigenvalue weighted by Gasteiger charge is -2.10. The molecule has 0 amide bonds. The molecule has 0 spiro atoms. The number of hydroxylamine groups is 1. The molecule has 1 aliphatic heterocycles. The largest absolute Gasteiger partial charge is 0.299 e. The predicted octanol–water partition coefficient (Wildman–Crippen LogP) is 0.363. The van der Waals surface area contributed by atoms with E-state index in [0.717, 1.165) is 6.42 Å². The second-order valence-electron chi connectivity index (χ2n) is 2.46. The van der Waals surface area contributed by atoms with Crippen molar-refractivity contribution in [2.45, 2.75) is 32.4 Å². The van der Waals surface area contributed by atoms with Crippen LogP contribution in [0.3, 0.4) is 0 Å². The predicted molar refractivity (Wildman–Crippen MR) is 30.3 cm³/mol. The highest BCUT2D eigenvalue weighted by Gasteiger charge is 2.23. The lowest BCUT2D eigenvalue weighted by Crippen LogP contribution is -2.34. The van der Waals surface area contributed by atoms with Gasteiger partial charge in [-0.2, -0.15) is 0 Å². The first kappa shape index (κ1) is 6.01. The second kappa shape index (κ2) is 2.01. The molecule has 0 saturated carbocycles. The maximum atomic E-state index is 8.89. The molecular weight excluding hydrogens is 104 g/mol.